The number of piperazine rings is 1. The van der Waals surface area contributed by atoms with Gasteiger partial charge in [0.25, 0.3) is 5.91 Å². The molecule has 2 aromatic rings. The molecule has 3 aliphatic rings. The summed E-state index contributed by atoms with van der Waals surface area (Å²) in [5.74, 6) is 1.52. The van der Waals surface area contributed by atoms with Gasteiger partial charge in [-0.1, -0.05) is 6.92 Å². The number of aliphatic imine (C=N–C) groups is 1. The quantitative estimate of drug-likeness (QED) is 0.604. The third kappa shape index (κ3) is 4.57. The first-order valence-electron chi connectivity index (χ1n) is 12.2. The molecular weight excluding hydrogens is 416 g/mol. The maximum Gasteiger partial charge on any atom is 0.256 e. The number of hydrogen-bond acceptors (Lipinski definition) is 6. The Kier molecular flexibility index (Phi) is 6.51. The van der Waals surface area contributed by atoms with Crippen molar-refractivity contribution < 1.29 is 14.3 Å². The van der Waals surface area contributed by atoms with Crippen LogP contribution >= 0.6 is 0 Å². The molecule has 0 aromatic heterocycles. The molecule has 0 saturated carbocycles. The lowest BCUT2D eigenvalue weighted by Crippen LogP contribution is -2.46. The Morgan fingerprint density at radius 2 is 1.76 bits per heavy atom. The van der Waals surface area contributed by atoms with Crippen molar-refractivity contribution in [3.8, 4) is 11.5 Å². The average molecular weight is 451 g/mol. The molecule has 2 aromatic carbocycles. The number of carbonyl (C=O) groups excluding carboxylic acids is 1. The molecule has 3 aliphatic heterocycles. The van der Waals surface area contributed by atoms with E-state index in [0.717, 1.165) is 87.3 Å². The van der Waals surface area contributed by atoms with Crippen LogP contribution < -0.4 is 9.47 Å². The van der Waals surface area contributed by atoms with Gasteiger partial charge in [0, 0.05) is 45.5 Å². The number of benzene rings is 2. The van der Waals surface area contributed by atoms with Crippen molar-refractivity contribution in [1.82, 2.24) is 14.7 Å². The van der Waals surface area contributed by atoms with Gasteiger partial charge < -0.3 is 24.2 Å². The summed E-state index contributed by atoms with van der Waals surface area (Å²) in [7, 11) is 1.67. The summed E-state index contributed by atoms with van der Waals surface area (Å²) in [6, 6.07) is 8.05. The van der Waals surface area contributed by atoms with Crippen molar-refractivity contribution in [1.29, 1.82) is 0 Å². The fourth-order valence-corrected chi connectivity index (χ4v) is 5.17. The lowest BCUT2D eigenvalue weighted by molar-refractivity contribution is 0.0775. The fourth-order valence-electron chi connectivity index (χ4n) is 5.17. The summed E-state index contributed by atoms with van der Waals surface area (Å²) >= 11 is 0. The Hall–Kier alpha value is -2.64. The van der Waals surface area contributed by atoms with E-state index in [9.17, 15) is 4.79 Å². The van der Waals surface area contributed by atoms with E-state index in [1.807, 2.05) is 35.4 Å². The largest absolute Gasteiger partial charge is 0.493 e. The molecule has 3 heterocycles. The molecule has 7 heteroatoms. The zero-order chi connectivity index (χ0) is 22.8. The van der Waals surface area contributed by atoms with Gasteiger partial charge in [0.05, 0.1) is 31.0 Å². The predicted molar refractivity (Wildman–Crippen MR) is 131 cm³/mol. The van der Waals surface area contributed by atoms with Crippen molar-refractivity contribution >= 4 is 28.6 Å². The Morgan fingerprint density at radius 1 is 1.00 bits per heavy atom. The minimum Gasteiger partial charge on any atom is -0.493 e. The standard InChI is InChI=1S/C26H34N4O3/c1-3-28-9-11-29(12-10-28)7-5-13-33-25-17-19-14-22-23(15-20(19)16-24(25)32-2)27-18-21-6-4-8-30(21)26(22)31/h14-18,21H,3-13H2,1-2H3/t21-/m0/s1. The number of methoxy groups -OCH3 is 1. The molecule has 1 amide bonds. The van der Waals surface area contributed by atoms with Crippen molar-refractivity contribution in [3.63, 3.8) is 0 Å². The second kappa shape index (κ2) is 9.69. The van der Waals surface area contributed by atoms with Crippen LogP contribution in [0.15, 0.2) is 29.3 Å². The van der Waals surface area contributed by atoms with E-state index in [2.05, 4.69) is 21.7 Å². The fraction of sp³-hybridized carbons (Fsp3) is 0.538. The van der Waals surface area contributed by atoms with Crippen LogP contribution in [-0.2, 0) is 0 Å². The van der Waals surface area contributed by atoms with Crippen LogP contribution in [0.3, 0.4) is 0 Å². The van der Waals surface area contributed by atoms with Gasteiger partial charge in [0.2, 0.25) is 0 Å². The Bertz CT molecular complexity index is 1050. The Labute approximate surface area is 195 Å². The maximum absolute atomic E-state index is 13.2. The minimum absolute atomic E-state index is 0.0772. The van der Waals surface area contributed by atoms with Crippen molar-refractivity contribution in [2.45, 2.75) is 32.2 Å². The zero-order valence-corrected chi connectivity index (χ0v) is 19.8. The number of likely N-dealkylation sites (N-methyl/N-ethyl adjacent to an activating group) is 1. The Balaban J connectivity index is 1.29. The molecule has 33 heavy (non-hydrogen) atoms. The number of amides is 1. The average Bonchev–Trinajstić information content (AvgIpc) is 3.28. The zero-order valence-electron chi connectivity index (χ0n) is 19.8. The first kappa shape index (κ1) is 22.2. The van der Waals surface area contributed by atoms with Crippen LogP contribution in [-0.4, -0.2) is 92.4 Å². The van der Waals surface area contributed by atoms with Crippen LogP contribution in [0.2, 0.25) is 0 Å². The number of carbonyl (C=O) groups is 1. The molecule has 0 radical (unpaired) electrons. The highest BCUT2D eigenvalue weighted by Crippen LogP contribution is 2.37. The van der Waals surface area contributed by atoms with E-state index in [1.165, 1.54) is 0 Å². The van der Waals surface area contributed by atoms with E-state index in [4.69, 9.17) is 9.47 Å². The molecule has 0 aliphatic carbocycles. The van der Waals surface area contributed by atoms with Gasteiger partial charge in [0.15, 0.2) is 11.5 Å². The third-order valence-electron chi connectivity index (χ3n) is 7.20. The summed E-state index contributed by atoms with van der Waals surface area (Å²) in [6.45, 7) is 10.4. The van der Waals surface area contributed by atoms with Crippen molar-refractivity contribution in [2.24, 2.45) is 4.99 Å². The molecular formula is C26H34N4O3. The molecule has 2 saturated heterocycles. The van der Waals surface area contributed by atoms with Gasteiger partial charge >= 0.3 is 0 Å². The lowest BCUT2D eigenvalue weighted by atomic mass is 10.0. The minimum atomic E-state index is 0.0772. The van der Waals surface area contributed by atoms with E-state index < -0.39 is 0 Å². The second-order valence-corrected chi connectivity index (χ2v) is 9.18. The highest BCUT2D eigenvalue weighted by Gasteiger charge is 2.31. The summed E-state index contributed by atoms with van der Waals surface area (Å²) in [6.07, 6.45) is 4.93. The van der Waals surface area contributed by atoms with Crippen LogP contribution in [0.5, 0.6) is 11.5 Å². The number of fused-ring (bicyclic) bond motifs is 3. The number of rotatable bonds is 7. The first-order valence-corrected chi connectivity index (χ1v) is 12.2. The molecule has 176 valence electrons. The van der Waals surface area contributed by atoms with E-state index in [0.29, 0.717) is 17.9 Å². The molecule has 0 N–H and O–H groups in total. The van der Waals surface area contributed by atoms with Crippen LogP contribution in [0.4, 0.5) is 5.69 Å². The summed E-state index contributed by atoms with van der Waals surface area (Å²) in [4.78, 5) is 24.8. The van der Waals surface area contributed by atoms with Crippen LogP contribution in [0.1, 0.15) is 36.5 Å². The first-order chi connectivity index (χ1) is 16.2. The number of ether oxygens (including phenoxy) is 2. The molecule has 0 bridgehead atoms. The highest BCUT2D eigenvalue weighted by atomic mass is 16.5. The van der Waals surface area contributed by atoms with Crippen molar-refractivity contribution in [3.05, 3.63) is 29.8 Å². The molecule has 0 unspecified atom stereocenters. The molecule has 2 fully saturated rings. The van der Waals surface area contributed by atoms with Crippen molar-refractivity contribution in [2.75, 3.05) is 59.5 Å². The monoisotopic (exact) mass is 450 g/mol. The van der Waals surface area contributed by atoms with E-state index >= 15 is 0 Å². The smallest absolute Gasteiger partial charge is 0.256 e. The summed E-state index contributed by atoms with van der Waals surface area (Å²) in [5, 5.41) is 1.97. The normalized spacial score (nSPS) is 21.2. The SMILES string of the molecule is CCN1CCN(CCCOc2cc3cc4c(cc3cc2OC)N=C[C@@H]2CCCN2C4=O)CC1. The highest BCUT2D eigenvalue weighted by molar-refractivity contribution is 6.07. The second-order valence-electron chi connectivity index (χ2n) is 9.18. The van der Waals surface area contributed by atoms with Crippen LogP contribution in [0, 0.1) is 0 Å². The molecule has 1 atom stereocenters. The molecule has 7 nitrogen and oxygen atoms in total. The van der Waals surface area contributed by atoms with E-state index in [-0.39, 0.29) is 11.9 Å². The number of nitrogens with zero attached hydrogens (tertiary/aromatic N) is 4. The topological polar surface area (TPSA) is 57.6 Å². The molecule has 5 rings (SSSR count). The van der Waals surface area contributed by atoms with Crippen LogP contribution in [0.25, 0.3) is 10.8 Å². The van der Waals surface area contributed by atoms with Gasteiger partial charge in [-0.25, -0.2) is 0 Å². The Morgan fingerprint density at radius 3 is 2.55 bits per heavy atom. The van der Waals surface area contributed by atoms with Gasteiger partial charge in [-0.2, -0.15) is 0 Å². The number of hydrogen-bond donors (Lipinski definition) is 0. The van der Waals surface area contributed by atoms with Gasteiger partial charge in [0.1, 0.15) is 0 Å². The summed E-state index contributed by atoms with van der Waals surface area (Å²) < 4.78 is 11.8. The predicted octanol–water partition coefficient (Wildman–Crippen LogP) is 3.58. The summed E-state index contributed by atoms with van der Waals surface area (Å²) in [5.41, 5.74) is 1.41. The lowest BCUT2D eigenvalue weighted by Gasteiger charge is -2.33. The van der Waals surface area contributed by atoms with Gasteiger partial charge in [-0.15, -0.1) is 0 Å². The third-order valence-corrected chi connectivity index (χ3v) is 7.20. The van der Waals surface area contributed by atoms with E-state index in [1.54, 1.807) is 7.11 Å². The maximum atomic E-state index is 13.2. The molecule has 0 spiro atoms. The van der Waals surface area contributed by atoms with Gasteiger partial charge in [-0.05, 0) is 60.8 Å². The van der Waals surface area contributed by atoms with Gasteiger partial charge in [-0.3, -0.25) is 9.79 Å².